The lowest BCUT2D eigenvalue weighted by Crippen LogP contribution is -2.60. The zero-order valence-electron chi connectivity index (χ0n) is 20.9. The van der Waals surface area contributed by atoms with E-state index in [2.05, 4.69) is 16.1 Å². The van der Waals surface area contributed by atoms with E-state index in [0.717, 1.165) is 11.1 Å². The van der Waals surface area contributed by atoms with Crippen LogP contribution in [-0.4, -0.2) is 61.1 Å². The molecular weight excluding hydrogens is 446 g/mol. The first-order valence-electron chi connectivity index (χ1n) is 11.6. The second-order valence-electron chi connectivity index (χ2n) is 9.20. The Morgan fingerprint density at radius 3 is 2.00 bits per heavy atom. The lowest BCUT2D eigenvalue weighted by Gasteiger charge is -2.26. The Morgan fingerprint density at radius 1 is 0.886 bits per heavy atom. The molecule has 0 aliphatic carbocycles. The molecule has 35 heavy (non-hydrogen) atoms. The highest BCUT2D eigenvalue weighted by molar-refractivity contribution is 5.94. The van der Waals surface area contributed by atoms with Crippen LogP contribution in [0.25, 0.3) is 0 Å². The molecule has 0 spiro atoms. The molecule has 9 heteroatoms. The molecule has 2 unspecified atom stereocenters. The molecule has 0 aliphatic heterocycles. The van der Waals surface area contributed by atoms with Crippen LogP contribution in [0.5, 0.6) is 0 Å². The molecule has 0 heterocycles. The largest absolute Gasteiger partial charge is 0.374 e. The molecule has 2 atom stereocenters. The number of rotatable bonds is 13. The van der Waals surface area contributed by atoms with Crippen molar-refractivity contribution >= 4 is 17.7 Å². The Labute approximate surface area is 207 Å². The van der Waals surface area contributed by atoms with Crippen LogP contribution < -0.4 is 21.8 Å². The monoisotopic (exact) mass is 483 g/mol. The second kappa shape index (κ2) is 13.6. The van der Waals surface area contributed by atoms with Crippen molar-refractivity contribution in [1.82, 2.24) is 21.1 Å². The van der Waals surface area contributed by atoms with Gasteiger partial charge in [0, 0.05) is 14.1 Å². The first kappa shape index (κ1) is 28.0. The molecule has 2 aromatic rings. The summed E-state index contributed by atoms with van der Waals surface area (Å²) in [7, 11) is 3.38. The molecule has 3 amide bonds. The summed E-state index contributed by atoms with van der Waals surface area (Å²) in [4.78, 5) is 38.6. The number of hydrazine groups is 1. The van der Waals surface area contributed by atoms with Crippen LogP contribution in [0.1, 0.15) is 31.4 Å². The van der Waals surface area contributed by atoms with Crippen molar-refractivity contribution in [2.45, 2.75) is 50.9 Å². The number of amides is 3. The number of nitrogens with zero attached hydrogens (tertiary/aromatic N) is 1. The molecule has 0 aromatic heterocycles. The smallest absolute Gasteiger partial charge is 0.256 e. The van der Waals surface area contributed by atoms with Crippen LogP contribution in [0.3, 0.4) is 0 Å². The number of benzene rings is 2. The van der Waals surface area contributed by atoms with Crippen LogP contribution >= 0.6 is 0 Å². The summed E-state index contributed by atoms with van der Waals surface area (Å²) in [6.45, 7) is 3.29. The Balaban J connectivity index is 2.11. The summed E-state index contributed by atoms with van der Waals surface area (Å²) in [6.07, 6.45) is 0.966. The Kier molecular flexibility index (Phi) is 10.8. The predicted octanol–water partition coefficient (Wildman–Crippen LogP) is 1.14. The highest BCUT2D eigenvalue weighted by Crippen LogP contribution is 2.07. The molecule has 0 saturated heterocycles. The van der Waals surface area contributed by atoms with Gasteiger partial charge in [-0.2, -0.15) is 0 Å². The molecule has 0 bridgehead atoms. The number of aryl methyl sites for hydroxylation is 1. The first-order chi connectivity index (χ1) is 16.6. The van der Waals surface area contributed by atoms with Crippen LogP contribution in [-0.2, 0) is 32.1 Å². The van der Waals surface area contributed by atoms with E-state index in [0.29, 0.717) is 12.8 Å². The third-order valence-corrected chi connectivity index (χ3v) is 5.13. The van der Waals surface area contributed by atoms with E-state index >= 15 is 0 Å². The van der Waals surface area contributed by atoms with E-state index in [1.165, 1.54) is 5.01 Å². The van der Waals surface area contributed by atoms with E-state index < -0.39 is 29.4 Å². The number of hydrogen-bond acceptors (Lipinski definition) is 6. The average Bonchev–Trinajstić information content (AvgIpc) is 2.81. The Hall–Kier alpha value is -3.27. The van der Waals surface area contributed by atoms with Crippen molar-refractivity contribution < 1.29 is 19.1 Å². The predicted molar refractivity (Wildman–Crippen MR) is 135 cm³/mol. The molecule has 0 saturated carbocycles. The van der Waals surface area contributed by atoms with Gasteiger partial charge >= 0.3 is 0 Å². The van der Waals surface area contributed by atoms with Gasteiger partial charge in [0.2, 0.25) is 11.8 Å². The van der Waals surface area contributed by atoms with Gasteiger partial charge in [0.05, 0.1) is 18.8 Å². The second-order valence-corrected chi connectivity index (χ2v) is 9.20. The summed E-state index contributed by atoms with van der Waals surface area (Å²) in [6, 6.07) is 17.3. The van der Waals surface area contributed by atoms with Gasteiger partial charge in [-0.05, 0) is 37.8 Å². The molecule has 9 nitrogen and oxygen atoms in total. The van der Waals surface area contributed by atoms with Gasteiger partial charge in [0.1, 0.15) is 12.1 Å². The maximum absolute atomic E-state index is 13.2. The first-order valence-corrected chi connectivity index (χ1v) is 11.6. The van der Waals surface area contributed by atoms with Crippen molar-refractivity contribution in [3.63, 3.8) is 0 Å². The summed E-state index contributed by atoms with van der Waals surface area (Å²) in [5, 5.41) is 6.96. The molecule has 5 N–H and O–H groups in total. The van der Waals surface area contributed by atoms with Crippen molar-refractivity contribution in [3.8, 4) is 0 Å². The summed E-state index contributed by atoms with van der Waals surface area (Å²) in [5.41, 5.74) is 9.40. The fourth-order valence-electron chi connectivity index (χ4n) is 3.19. The minimum atomic E-state index is -1.19. The topological polar surface area (TPSA) is 126 Å². The zero-order chi connectivity index (χ0) is 25.8. The third kappa shape index (κ3) is 10.3. The quantitative estimate of drug-likeness (QED) is 0.317. The fourth-order valence-corrected chi connectivity index (χ4v) is 3.19. The Bertz CT molecular complexity index is 945. The van der Waals surface area contributed by atoms with E-state index in [9.17, 15) is 14.4 Å². The van der Waals surface area contributed by atoms with Gasteiger partial charge < -0.3 is 21.1 Å². The minimum absolute atomic E-state index is 0.0801. The van der Waals surface area contributed by atoms with Crippen molar-refractivity contribution in [1.29, 1.82) is 0 Å². The molecule has 0 radical (unpaired) electrons. The third-order valence-electron chi connectivity index (χ3n) is 5.13. The average molecular weight is 484 g/mol. The highest BCUT2D eigenvalue weighted by Gasteiger charge is 2.31. The SMILES string of the molecule is CN(C)NC(=O)C(CCc1ccccc1)NC(=O)C(COCc1ccccc1)NC(=O)C(C)(C)N. The minimum Gasteiger partial charge on any atom is -0.374 e. The van der Waals surface area contributed by atoms with Crippen LogP contribution in [0.4, 0.5) is 0 Å². The highest BCUT2D eigenvalue weighted by atomic mass is 16.5. The van der Waals surface area contributed by atoms with E-state index in [-0.39, 0.29) is 19.1 Å². The van der Waals surface area contributed by atoms with Crippen LogP contribution in [0, 0.1) is 0 Å². The van der Waals surface area contributed by atoms with Gasteiger partial charge in [-0.15, -0.1) is 0 Å². The Morgan fingerprint density at radius 2 is 1.46 bits per heavy atom. The van der Waals surface area contributed by atoms with Crippen LogP contribution in [0.15, 0.2) is 60.7 Å². The fraction of sp³-hybridized carbons (Fsp3) is 0.423. The van der Waals surface area contributed by atoms with E-state index in [4.69, 9.17) is 10.5 Å². The van der Waals surface area contributed by atoms with Gasteiger partial charge in [0.15, 0.2) is 0 Å². The van der Waals surface area contributed by atoms with Gasteiger partial charge in [0.25, 0.3) is 5.91 Å². The number of nitrogens with two attached hydrogens (primary N) is 1. The van der Waals surface area contributed by atoms with Crippen molar-refractivity contribution in [2.24, 2.45) is 5.73 Å². The van der Waals surface area contributed by atoms with Gasteiger partial charge in [-0.25, -0.2) is 5.01 Å². The molecule has 0 aliphatic rings. The lowest BCUT2D eigenvalue weighted by molar-refractivity contribution is -0.135. The zero-order valence-corrected chi connectivity index (χ0v) is 20.9. The van der Waals surface area contributed by atoms with Gasteiger partial charge in [-0.1, -0.05) is 60.7 Å². The van der Waals surface area contributed by atoms with Crippen molar-refractivity contribution in [3.05, 3.63) is 71.8 Å². The molecule has 190 valence electrons. The van der Waals surface area contributed by atoms with Crippen LogP contribution in [0.2, 0.25) is 0 Å². The van der Waals surface area contributed by atoms with Gasteiger partial charge in [-0.3, -0.25) is 19.8 Å². The number of carbonyl (C=O) groups excluding carboxylic acids is 3. The summed E-state index contributed by atoms with van der Waals surface area (Å²) in [5.74, 6) is -1.38. The molecule has 0 fully saturated rings. The maximum Gasteiger partial charge on any atom is 0.256 e. The molecule has 2 aromatic carbocycles. The van der Waals surface area contributed by atoms with E-state index in [1.807, 2.05) is 60.7 Å². The molecule has 2 rings (SSSR count). The molecular formula is C26H37N5O4. The number of ether oxygens (including phenoxy) is 1. The number of carbonyl (C=O) groups is 3. The summed E-state index contributed by atoms with van der Waals surface area (Å²) >= 11 is 0. The number of nitrogens with one attached hydrogen (secondary N) is 3. The summed E-state index contributed by atoms with van der Waals surface area (Å²) < 4.78 is 5.73. The number of hydrogen-bond donors (Lipinski definition) is 4. The van der Waals surface area contributed by atoms with Crippen molar-refractivity contribution in [2.75, 3.05) is 20.7 Å². The maximum atomic E-state index is 13.2. The lowest BCUT2D eigenvalue weighted by atomic mass is 10.0. The van der Waals surface area contributed by atoms with E-state index in [1.54, 1.807) is 27.9 Å². The standard InChI is InChI=1S/C26H37N5O4/c1-26(2,27)25(34)29-22(18-35-17-20-13-9-6-10-14-20)23(32)28-21(24(33)30-31(3)4)16-15-19-11-7-5-8-12-19/h5-14,21-22H,15-18,27H2,1-4H3,(H,28,32)(H,29,34)(H,30,33). The normalized spacial score (nSPS) is 13.1.